The average Bonchev–Trinajstić information content (AvgIpc) is 2.19. The predicted octanol–water partition coefficient (Wildman–Crippen LogP) is 1.85. The maximum atomic E-state index is 11.1. The van der Waals surface area contributed by atoms with Crippen molar-refractivity contribution in [1.29, 1.82) is 0 Å². The second-order valence-corrected chi connectivity index (χ2v) is 3.87. The van der Waals surface area contributed by atoms with Gasteiger partial charge in [-0.05, 0) is 17.5 Å². The minimum atomic E-state index is -0.237. The van der Waals surface area contributed by atoms with Gasteiger partial charge >= 0.3 is 0 Å². The summed E-state index contributed by atoms with van der Waals surface area (Å²) < 4.78 is 5.34. The van der Waals surface area contributed by atoms with Gasteiger partial charge in [-0.15, -0.1) is 0 Å². The first-order valence-electron chi connectivity index (χ1n) is 4.88. The summed E-state index contributed by atoms with van der Waals surface area (Å²) >= 11 is 0. The summed E-state index contributed by atoms with van der Waals surface area (Å²) in [5.41, 5.74) is 1.38. The highest BCUT2D eigenvalue weighted by Crippen LogP contribution is 2.41. The third-order valence-corrected chi connectivity index (χ3v) is 2.40. The monoisotopic (exact) mass is 207 g/mol. The van der Waals surface area contributed by atoms with Crippen molar-refractivity contribution in [3.63, 3.8) is 0 Å². The summed E-state index contributed by atoms with van der Waals surface area (Å²) in [5, 5.41) is 12.2. The zero-order valence-electron chi connectivity index (χ0n) is 8.70. The average molecular weight is 207 g/mol. The molecule has 80 valence electrons. The lowest BCUT2D eigenvalue weighted by atomic mass is 10.00. The molecule has 0 bridgehead atoms. The largest absolute Gasteiger partial charge is 0.506 e. The number of anilines is 1. The quantitative estimate of drug-likeness (QED) is 0.691. The first-order valence-corrected chi connectivity index (χ1v) is 4.88. The smallest absolute Gasteiger partial charge is 0.262 e. The third-order valence-electron chi connectivity index (χ3n) is 2.40. The first kappa shape index (κ1) is 9.83. The number of carbonyl (C=O) groups is 1. The molecule has 0 saturated carbocycles. The van der Waals surface area contributed by atoms with Gasteiger partial charge in [0.05, 0.1) is 0 Å². The van der Waals surface area contributed by atoms with Crippen molar-refractivity contribution in [2.24, 2.45) is 0 Å². The van der Waals surface area contributed by atoms with Crippen LogP contribution in [0.4, 0.5) is 5.69 Å². The van der Waals surface area contributed by atoms with Crippen LogP contribution in [0.3, 0.4) is 0 Å². The standard InChI is InChI=1S/C11H13NO3/c1-6(2)7-3-4-8(13)10-11(7)15-5-9(14)12-10/h3-4,6,13H,5H2,1-2H3,(H,12,14). The van der Waals surface area contributed by atoms with Crippen molar-refractivity contribution in [2.75, 3.05) is 11.9 Å². The van der Waals surface area contributed by atoms with E-state index in [4.69, 9.17) is 4.74 Å². The van der Waals surface area contributed by atoms with E-state index in [0.717, 1.165) is 5.56 Å². The van der Waals surface area contributed by atoms with Crippen molar-refractivity contribution in [2.45, 2.75) is 19.8 Å². The van der Waals surface area contributed by atoms with Crippen LogP contribution in [0.2, 0.25) is 0 Å². The molecule has 0 fully saturated rings. The highest BCUT2D eigenvalue weighted by atomic mass is 16.5. The van der Waals surface area contributed by atoms with Gasteiger partial charge in [-0.2, -0.15) is 0 Å². The number of rotatable bonds is 1. The van der Waals surface area contributed by atoms with E-state index in [1.807, 2.05) is 19.9 Å². The fourth-order valence-corrected chi connectivity index (χ4v) is 1.63. The summed E-state index contributed by atoms with van der Waals surface area (Å²) in [6.45, 7) is 4.08. The lowest BCUT2D eigenvalue weighted by Crippen LogP contribution is -2.26. The Balaban J connectivity index is 2.55. The molecule has 1 amide bonds. The van der Waals surface area contributed by atoms with Crippen molar-refractivity contribution in [1.82, 2.24) is 0 Å². The molecule has 0 aromatic heterocycles. The van der Waals surface area contributed by atoms with E-state index >= 15 is 0 Å². The van der Waals surface area contributed by atoms with Crippen molar-refractivity contribution in [3.8, 4) is 11.5 Å². The molecule has 1 heterocycles. The molecule has 0 saturated heterocycles. The van der Waals surface area contributed by atoms with Gasteiger partial charge in [0.1, 0.15) is 11.4 Å². The van der Waals surface area contributed by atoms with Crippen LogP contribution in [0.15, 0.2) is 12.1 Å². The topological polar surface area (TPSA) is 58.6 Å². The minimum Gasteiger partial charge on any atom is -0.506 e. The molecule has 2 rings (SSSR count). The number of fused-ring (bicyclic) bond motifs is 1. The Hall–Kier alpha value is -1.71. The number of nitrogens with one attached hydrogen (secondary N) is 1. The number of hydrogen-bond donors (Lipinski definition) is 2. The molecule has 15 heavy (non-hydrogen) atoms. The van der Waals surface area contributed by atoms with E-state index in [2.05, 4.69) is 5.32 Å². The fraction of sp³-hybridized carbons (Fsp3) is 0.364. The van der Waals surface area contributed by atoms with E-state index < -0.39 is 0 Å². The molecule has 4 nitrogen and oxygen atoms in total. The number of phenols is 1. The number of amides is 1. The fourth-order valence-electron chi connectivity index (χ4n) is 1.63. The van der Waals surface area contributed by atoms with Crippen LogP contribution in [-0.2, 0) is 4.79 Å². The summed E-state index contributed by atoms with van der Waals surface area (Å²) in [6.07, 6.45) is 0. The highest BCUT2D eigenvalue weighted by molar-refractivity contribution is 5.97. The molecule has 2 N–H and O–H groups in total. The lowest BCUT2D eigenvalue weighted by Gasteiger charge is -2.22. The molecule has 4 heteroatoms. The lowest BCUT2D eigenvalue weighted by molar-refractivity contribution is -0.118. The maximum absolute atomic E-state index is 11.1. The number of ether oxygens (including phenoxy) is 1. The van der Waals surface area contributed by atoms with Crippen molar-refractivity contribution >= 4 is 11.6 Å². The van der Waals surface area contributed by atoms with Crippen LogP contribution >= 0.6 is 0 Å². The second kappa shape index (κ2) is 3.46. The van der Waals surface area contributed by atoms with E-state index in [0.29, 0.717) is 11.4 Å². The molecule has 0 spiro atoms. The zero-order chi connectivity index (χ0) is 11.0. The number of carbonyl (C=O) groups excluding carboxylic acids is 1. The number of aromatic hydroxyl groups is 1. The Bertz CT molecular complexity index is 413. The molecular formula is C11H13NO3. The Labute approximate surface area is 87.9 Å². The predicted molar refractivity (Wildman–Crippen MR) is 56.3 cm³/mol. The van der Waals surface area contributed by atoms with E-state index in [-0.39, 0.29) is 24.2 Å². The third kappa shape index (κ3) is 1.63. The molecule has 0 aliphatic carbocycles. The van der Waals surface area contributed by atoms with Crippen LogP contribution in [0.1, 0.15) is 25.3 Å². The molecule has 0 atom stereocenters. The van der Waals surface area contributed by atoms with Crippen molar-refractivity contribution < 1.29 is 14.6 Å². The van der Waals surface area contributed by atoms with E-state index in [1.54, 1.807) is 6.07 Å². The van der Waals surface area contributed by atoms with Crippen LogP contribution in [0.25, 0.3) is 0 Å². The SMILES string of the molecule is CC(C)c1ccc(O)c2c1OCC(=O)N2. The highest BCUT2D eigenvalue weighted by Gasteiger charge is 2.23. The van der Waals surface area contributed by atoms with Gasteiger partial charge in [0.15, 0.2) is 12.4 Å². The Morgan fingerprint density at radius 2 is 2.20 bits per heavy atom. The number of phenolic OH excluding ortho intramolecular Hbond substituents is 1. The second-order valence-electron chi connectivity index (χ2n) is 3.87. The summed E-state index contributed by atoms with van der Waals surface area (Å²) in [6, 6.07) is 3.39. The summed E-state index contributed by atoms with van der Waals surface area (Å²) in [5.74, 6) is 0.681. The zero-order valence-corrected chi connectivity index (χ0v) is 8.70. The molecule has 1 aliphatic rings. The number of benzene rings is 1. The van der Waals surface area contributed by atoms with Gasteiger partial charge in [0, 0.05) is 0 Å². The Morgan fingerprint density at radius 3 is 2.87 bits per heavy atom. The van der Waals surface area contributed by atoms with Gasteiger partial charge in [0.2, 0.25) is 0 Å². The molecule has 1 aromatic rings. The maximum Gasteiger partial charge on any atom is 0.262 e. The van der Waals surface area contributed by atoms with Gasteiger partial charge in [0.25, 0.3) is 5.91 Å². The number of hydrogen-bond acceptors (Lipinski definition) is 3. The van der Waals surface area contributed by atoms with Gasteiger partial charge in [-0.1, -0.05) is 19.9 Å². The van der Waals surface area contributed by atoms with Crippen LogP contribution in [-0.4, -0.2) is 17.6 Å². The molecule has 0 unspecified atom stereocenters. The van der Waals surface area contributed by atoms with E-state index in [9.17, 15) is 9.90 Å². The normalized spacial score (nSPS) is 14.5. The summed E-state index contributed by atoms with van der Waals surface area (Å²) in [7, 11) is 0. The van der Waals surface area contributed by atoms with Crippen molar-refractivity contribution in [3.05, 3.63) is 17.7 Å². The van der Waals surface area contributed by atoms with Crippen LogP contribution in [0, 0.1) is 0 Å². The minimum absolute atomic E-state index is 0.0101. The van der Waals surface area contributed by atoms with Crippen LogP contribution < -0.4 is 10.1 Å². The molecule has 1 aromatic carbocycles. The summed E-state index contributed by atoms with van der Waals surface area (Å²) in [4.78, 5) is 11.1. The Morgan fingerprint density at radius 1 is 1.47 bits per heavy atom. The van der Waals surface area contributed by atoms with E-state index in [1.165, 1.54) is 0 Å². The molecule has 0 radical (unpaired) electrons. The van der Waals surface area contributed by atoms with Crippen LogP contribution in [0.5, 0.6) is 11.5 Å². The van der Waals surface area contributed by atoms with Gasteiger partial charge in [-0.25, -0.2) is 0 Å². The first-order chi connectivity index (χ1) is 7.09. The van der Waals surface area contributed by atoms with Gasteiger partial charge in [-0.3, -0.25) is 4.79 Å². The molecular weight excluding hydrogens is 194 g/mol. The molecule has 1 aliphatic heterocycles. The Kier molecular flexibility index (Phi) is 2.26. The van der Waals surface area contributed by atoms with Gasteiger partial charge < -0.3 is 15.2 Å².